The smallest absolute Gasteiger partial charge is 0.205 e. The van der Waals surface area contributed by atoms with Crippen molar-refractivity contribution in [1.82, 2.24) is 15.2 Å². The number of nitrogens with one attached hydrogen (secondary N) is 2. The number of ketones is 1. The van der Waals surface area contributed by atoms with Gasteiger partial charge >= 0.3 is 0 Å². The van der Waals surface area contributed by atoms with Gasteiger partial charge in [0, 0.05) is 22.7 Å². The minimum absolute atomic E-state index is 0. The van der Waals surface area contributed by atoms with Crippen LogP contribution >= 0.6 is 35.3 Å². The monoisotopic (exact) mass is 386 g/mol. The van der Waals surface area contributed by atoms with Gasteiger partial charge in [0.25, 0.3) is 0 Å². The number of nitrogens with zero attached hydrogens (tertiary/aromatic N) is 2. The summed E-state index contributed by atoms with van der Waals surface area (Å²) < 4.78 is 0. The number of para-hydroxylation sites is 1. The lowest BCUT2D eigenvalue weighted by molar-refractivity contribution is 0.101. The molecule has 0 spiro atoms. The number of aromatic amines is 1. The largest absolute Gasteiger partial charge is 0.360 e. The molecule has 98 valence electrons. The summed E-state index contributed by atoms with van der Waals surface area (Å²) in [6, 6.07) is 7.74. The summed E-state index contributed by atoms with van der Waals surface area (Å²) in [5, 5.41) is 12.1. The molecule has 0 saturated carbocycles. The molecular weight excluding hydrogens is 375 g/mol. The fourth-order valence-corrected chi connectivity index (χ4v) is 2.25. The van der Waals surface area contributed by atoms with Crippen LogP contribution in [0.15, 0.2) is 36.0 Å². The number of halogens is 1. The summed E-state index contributed by atoms with van der Waals surface area (Å²) in [5.41, 5.74) is 3.29. The second-order valence-corrected chi connectivity index (χ2v) is 4.60. The molecule has 5 nitrogen and oxygen atoms in total. The molecule has 7 heteroatoms. The van der Waals surface area contributed by atoms with E-state index in [-0.39, 0.29) is 36.3 Å². The van der Waals surface area contributed by atoms with Crippen molar-refractivity contribution in [3.05, 3.63) is 41.5 Å². The second kappa shape index (κ2) is 6.11. The first-order chi connectivity index (χ1) is 8.84. The highest BCUT2D eigenvalue weighted by Crippen LogP contribution is 2.18. The second-order valence-electron chi connectivity index (χ2n) is 3.77. The van der Waals surface area contributed by atoms with E-state index in [2.05, 4.69) is 20.5 Å². The Bertz CT molecular complexity index is 680. The van der Waals surface area contributed by atoms with Gasteiger partial charge in [-0.2, -0.15) is 0 Å². The normalized spacial score (nSPS) is 10.1. The number of hydrogen-bond acceptors (Lipinski definition) is 5. The van der Waals surface area contributed by atoms with Crippen molar-refractivity contribution < 1.29 is 4.79 Å². The summed E-state index contributed by atoms with van der Waals surface area (Å²) in [7, 11) is 0. The number of fused-ring (bicyclic) bond motifs is 1. The van der Waals surface area contributed by atoms with Gasteiger partial charge in [-0.25, -0.2) is 0 Å². The Labute approximate surface area is 130 Å². The third kappa shape index (κ3) is 2.92. The van der Waals surface area contributed by atoms with E-state index in [0.717, 1.165) is 10.9 Å². The molecule has 0 aliphatic rings. The van der Waals surface area contributed by atoms with Gasteiger partial charge in [-0.15, -0.1) is 34.2 Å². The molecular formula is C12H11IN4OS. The van der Waals surface area contributed by atoms with Crippen LogP contribution in [0.25, 0.3) is 10.9 Å². The van der Waals surface area contributed by atoms with E-state index in [1.807, 2.05) is 24.3 Å². The van der Waals surface area contributed by atoms with E-state index < -0.39 is 0 Å². The summed E-state index contributed by atoms with van der Waals surface area (Å²) in [4.78, 5) is 15.2. The molecule has 3 rings (SSSR count). The molecule has 19 heavy (non-hydrogen) atoms. The SMILES string of the molecule is I.O=C(CNc1nncs1)c1c[nH]c2ccccc12. The van der Waals surface area contributed by atoms with Crippen molar-refractivity contribution >= 4 is 57.1 Å². The lowest BCUT2D eigenvalue weighted by atomic mass is 10.1. The molecule has 1 aromatic carbocycles. The minimum atomic E-state index is 0. The van der Waals surface area contributed by atoms with E-state index in [1.54, 1.807) is 11.7 Å². The first-order valence-electron chi connectivity index (χ1n) is 5.44. The van der Waals surface area contributed by atoms with Gasteiger partial charge in [-0.1, -0.05) is 29.5 Å². The molecule has 0 aliphatic carbocycles. The third-order valence-corrected chi connectivity index (χ3v) is 3.30. The van der Waals surface area contributed by atoms with Crippen LogP contribution in [0.3, 0.4) is 0 Å². The van der Waals surface area contributed by atoms with E-state index >= 15 is 0 Å². The van der Waals surface area contributed by atoms with Crippen LogP contribution in [-0.2, 0) is 0 Å². The van der Waals surface area contributed by atoms with Crippen molar-refractivity contribution in [1.29, 1.82) is 0 Å². The highest BCUT2D eigenvalue weighted by molar-refractivity contribution is 14.0. The third-order valence-electron chi connectivity index (χ3n) is 2.65. The average Bonchev–Trinajstić information content (AvgIpc) is 3.05. The summed E-state index contributed by atoms with van der Waals surface area (Å²) in [5.74, 6) is 0.0302. The topological polar surface area (TPSA) is 70.7 Å². The Kier molecular flexibility index (Phi) is 4.48. The molecule has 0 atom stereocenters. The zero-order valence-corrected chi connectivity index (χ0v) is 12.9. The van der Waals surface area contributed by atoms with E-state index in [0.29, 0.717) is 10.7 Å². The van der Waals surface area contributed by atoms with Crippen molar-refractivity contribution in [2.75, 3.05) is 11.9 Å². The van der Waals surface area contributed by atoms with Crippen LogP contribution in [0.5, 0.6) is 0 Å². The first-order valence-corrected chi connectivity index (χ1v) is 6.32. The van der Waals surface area contributed by atoms with Crippen LogP contribution < -0.4 is 5.32 Å². The van der Waals surface area contributed by atoms with Crippen molar-refractivity contribution in [2.24, 2.45) is 0 Å². The molecule has 2 aromatic heterocycles. The number of Topliss-reactive ketones (excluding diaryl/α,β-unsaturated/α-hetero) is 1. The molecule has 2 heterocycles. The molecule has 0 saturated heterocycles. The zero-order chi connectivity index (χ0) is 12.4. The maximum Gasteiger partial charge on any atom is 0.205 e. The number of rotatable bonds is 4. The molecule has 2 N–H and O–H groups in total. The standard InChI is InChI=1S/C12H10N4OS.HI/c17-11(6-14-12-16-15-7-18-12)9-5-13-10-4-2-1-3-8(9)10;/h1-5,7,13H,6H2,(H,14,16);1H. The Hall–Kier alpha value is -1.48. The van der Waals surface area contributed by atoms with Crippen LogP contribution in [0.4, 0.5) is 5.13 Å². The Morgan fingerprint density at radius 1 is 1.37 bits per heavy atom. The number of H-pyrrole nitrogens is 1. The van der Waals surface area contributed by atoms with Crippen LogP contribution in [0, 0.1) is 0 Å². The fraction of sp³-hybridized carbons (Fsp3) is 0.0833. The molecule has 0 radical (unpaired) electrons. The predicted molar refractivity (Wildman–Crippen MR) is 86.4 cm³/mol. The van der Waals surface area contributed by atoms with Crippen LogP contribution in [0.1, 0.15) is 10.4 Å². The molecule has 0 amide bonds. The molecule has 0 unspecified atom stereocenters. The minimum Gasteiger partial charge on any atom is -0.360 e. The van der Waals surface area contributed by atoms with Crippen LogP contribution in [0.2, 0.25) is 0 Å². The predicted octanol–water partition coefficient (Wildman–Crippen LogP) is 2.93. The quantitative estimate of drug-likeness (QED) is 0.535. The van der Waals surface area contributed by atoms with E-state index in [1.165, 1.54) is 11.3 Å². The van der Waals surface area contributed by atoms with Gasteiger partial charge < -0.3 is 10.3 Å². The maximum absolute atomic E-state index is 12.1. The number of benzene rings is 1. The summed E-state index contributed by atoms with van der Waals surface area (Å²) in [6.45, 7) is 0.219. The lowest BCUT2D eigenvalue weighted by Gasteiger charge is -2.00. The number of carbonyl (C=O) groups is 1. The lowest BCUT2D eigenvalue weighted by Crippen LogP contribution is -2.13. The van der Waals surface area contributed by atoms with Crippen molar-refractivity contribution in [2.45, 2.75) is 0 Å². The van der Waals surface area contributed by atoms with Crippen molar-refractivity contribution in [3.8, 4) is 0 Å². The fourth-order valence-electron chi connectivity index (χ4n) is 1.80. The van der Waals surface area contributed by atoms with Crippen molar-refractivity contribution in [3.63, 3.8) is 0 Å². The molecule has 0 aliphatic heterocycles. The summed E-state index contributed by atoms with van der Waals surface area (Å²) >= 11 is 1.37. The molecule has 3 aromatic rings. The highest BCUT2D eigenvalue weighted by Gasteiger charge is 2.11. The Balaban J connectivity index is 0.00000133. The van der Waals surface area contributed by atoms with E-state index in [9.17, 15) is 4.79 Å². The van der Waals surface area contributed by atoms with Gasteiger partial charge in [0.15, 0.2) is 5.78 Å². The number of carbonyl (C=O) groups excluding carboxylic acids is 1. The summed E-state index contributed by atoms with van der Waals surface area (Å²) in [6.07, 6.45) is 1.74. The van der Waals surface area contributed by atoms with Crippen LogP contribution in [-0.4, -0.2) is 27.5 Å². The zero-order valence-electron chi connectivity index (χ0n) is 9.79. The van der Waals surface area contributed by atoms with Gasteiger partial charge in [0.2, 0.25) is 5.13 Å². The highest BCUT2D eigenvalue weighted by atomic mass is 127. The number of hydrogen-bond donors (Lipinski definition) is 2. The van der Waals surface area contributed by atoms with Gasteiger partial charge in [-0.05, 0) is 6.07 Å². The number of aromatic nitrogens is 3. The Morgan fingerprint density at radius 3 is 3.00 bits per heavy atom. The maximum atomic E-state index is 12.1. The number of anilines is 1. The molecule has 0 bridgehead atoms. The molecule has 0 fully saturated rings. The van der Waals surface area contributed by atoms with Gasteiger partial charge in [0.1, 0.15) is 5.51 Å². The van der Waals surface area contributed by atoms with Gasteiger partial charge in [-0.3, -0.25) is 4.79 Å². The van der Waals surface area contributed by atoms with Gasteiger partial charge in [0.05, 0.1) is 6.54 Å². The van der Waals surface area contributed by atoms with E-state index in [4.69, 9.17) is 0 Å². The Morgan fingerprint density at radius 2 is 2.21 bits per heavy atom. The average molecular weight is 386 g/mol. The first kappa shape index (κ1) is 13.9.